The number of methoxy groups -OCH3 is 1. The molecule has 0 spiro atoms. The number of benzene rings is 1. The first-order chi connectivity index (χ1) is 10.2. The van der Waals surface area contributed by atoms with E-state index >= 15 is 0 Å². The second-order valence-electron chi connectivity index (χ2n) is 6.50. The first-order valence-electron chi connectivity index (χ1n) is 8.09. The van der Waals surface area contributed by atoms with Crippen LogP contribution in [0, 0.1) is 0 Å². The fourth-order valence-electron chi connectivity index (χ4n) is 3.72. The van der Waals surface area contributed by atoms with Gasteiger partial charge in [0.25, 0.3) is 0 Å². The highest BCUT2D eigenvalue weighted by molar-refractivity contribution is 5.58. The zero-order valence-corrected chi connectivity index (χ0v) is 13.1. The summed E-state index contributed by atoms with van der Waals surface area (Å²) >= 11 is 0. The molecule has 1 saturated heterocycles. The summed E-state index contributed by atoms with van der Waals surface area (Å²) in [6.07, 6.45) is 4.99. The van der Waals surface area contributed by atoms with Crippen LogP contribution in [0.2, 0.25) is 0 Å². The summed E-state index contributed by atoms with van der Waals surface area (Å²) < 4.78 is 5.47. The van der Waals surface area contributed by atoms with Crippen molar-refractivity contribution in [3.05, 3.63) is 24.3 Å². The molecular formula is C17H27N3O. The van der Waals surface area contributed by atoms with E-state index in [4.69, 9.17) is 10.5 Å². The normalized spacial score (nSPS) is 22.5. The van der Waals surface area contributed by atoms with Crippen LogP contribution in [0.1, 0.15) is 25.7 Å². The van der Waals surface area contributed by atoms with Gasteiger partial charge in [-0.05, 0) is 25.0 Å². The van der Waals surface area contributed by atoms with E-state index in [0.29, 0.717) is 0 Å². The molecule has 0 radical (unpaired) electrons. The highest BCUT2D eigenvalue weighted by Crippen LogP contribution is 2.30. The van der Waals surface area contributed by atoms with E-state index < -0.39 is 0 Å². The number of piperazine rings is 1. The lowest BCUT2D eigenvalue weighted by Crippen LogP contribution is -2.54. The van der Waals surface area contributed by atoms with Gasteiger partial charge in [0, 0.05) is 38.3 Å². The fraction of sp³-hybridized carbons (Fsp3) is 0.647. The summed E-state index contributed by atoms with van der Waals surface area (Å²) in [5, 5.41) is 0. The molecule has 21 heavy (non-hydrogen) atoms. The highest BCUT2D eigenvalue weighted by Gasteiger charge is 2.32. The third kappa shape index (κ3) is 3.33. The number of hydrogen-bond donors (Lipinski definition) is 1. The Bertz CT molecular complexity index is 463. The molecule has 2 fully saturated rings. The van der Waals surface area contributed by atoms with Gasteiger partial charge < -0.3 is 15.4 Å². The summed E-state index contributed by atoms with van der Waals surface area (Å²) in [6, 6.07) is 8.29. The van der Waals surface area contributed by atoms with Crippen molar-refractivity contribution in [1.29, 1.82) is 0 Å². The van der Waals surface area contributed by atoms with Crippen LogP contribution in [-0.2, 0) is 0 Å². The lowest BCUT2D eigenvalue weighted by Gasteiger charge is -2.40. The number of hydrogen-bond acceptors (Lipinski definition) is 4. The summed E-state index contributed by atoms with van der Waals surface area (Å²) in [6.45, 7) is 5.35. The zero-order chi connectivity index (χ0) is 14.7. The predicted molar refractivity (Wildman–Crippen MR) is 87.0 cm³/mol. The molecule has 0 aromatic heterocycles. The maximum Gasteiger partial charge on any atom is 0.142 e. The summed E-state index contributed by atoms with van der Waals surface area (Å²) in [5.41, 5.74) is 7.79. The van der Waals surface area contributed by atoms with Gasteiger partial charge in [-0.3, -0.25) is 4.90 Å². The minimum absolute atomic E-state index is 0.0760. The Morgan fingerprint density at radius 1 is 1.10 bits per heavy atom. The van der Waals surface area contributed by atoms with E-state index in [2.05, 4.69) is 21.9 Å². The Balaban J connectivity index is 1.57. The number of anilines is 1. The van der Waals surface area contributed by atoms with Gasteiger partial charge in [0.05, 0.1) is 12.8 Å². The third-order valence-electron chi connectivity index (χ3n) is 4.94. The van der Waals surface area contributed by atoms with E-state index in [9.17, 15) is 0 Å². The van der Waals surface area contributed by atoms with Crippen LogP contribution in [0.4, 0.5) is 5.69 Å². The second-order valence-corrected chi connectivity index (χ2v) is 6.50. The SMILES string of the molecule is COc1ccccc1N1CCN(CC2(N)CCCC2)CC1. The quantitative estimate of drug-likeness (QED) is 0.921. The molecule has 2 N–H and O–H groups in total. The van der Waals surface area contributed by atoms with Crippen LogP contribution in [0.3, 0.4) is 0 Å². The van der Waals surface area contributed by atoms with Crippen LogP contribution in [0.15, 0.2) is 24.3 Å². The van der Waals surface area contributed by atoms with E-state index in [1.165, 1.54) is 31.4 Å². The lowest BCUT2D eigenvalue weighted by molar-refractivity contribution is 0.199. The molecule has 2 aliphatic rings. The van der Waals surface area contributed by atoms with Gasteiger partial charge in [-0.15, -0.1) is 0 Å². The fourth-order valence-corrected chi connectivity index (χ4v) is 3.72. The van der Waals surface area contributed by atoms with Gasteiger partial charge in [0.1, 0.15) is 5.75 Å². The maximum absolute atomic E-state index is 6.51. The molecule has 1 saturated carbocycles. The molecule has 1 aromatic carbocycles. The second kappa shape index (κ2) is 6.24. The Morgan fingerprint density at radius 2 is 1.76 bits per heavy atom. The molecule has 1 heterocycles. The average molecular weight is 289 g/mol. The van der Waals surface area contributed by atoms with Crippen molar-refractivity contribution in [1.82, 2.24) is 4.90 Å². The van der Waals surface area contributed by atoms with Crippen molar-refractivity contribution in [2.75, 3.05) is 44.7 Å². The first-order valence-corrected chi connectivity index (χ1v) is 8.09. The van der Waals surface area contributed by atoms with Gasteiger partial charge in [-0.25, -0.2) is 0 Å². The van der Waals surface area contributed by atoms with Crippen molar-refractivity contribution in [3.63, 3.8) is 0 Å². The molecule has 0 amide bonds. The molecule has 1 aliphatic carbocycles. The number of rotatable bonds is 4. The molecule has 3 rings (SSSR count). The minimum Gasteiger partial charge on any atom is -0.495 e. The summed E-state index contributed by atoms with van der Waals surface area (Å²) in [7, 11) is 1.74. The highest BCUT2D eigenvalue weighted by atomic mass is 16.5. The maximum atomic E-state index is 6.51. The Hall–Kier alpha value is -1.26. The van der Waals surface area contributed by atoms with Crippen molar-refractivity contribution < 1.29 is 4.74 Å². The molecule has 4 nitrogen and oxygen atoms in total. The van der Waals surface area contributed by atoms with Gasteiger partial charge in [0.2, 0.25) is 0 Å². The van der Waals surface area contributed by atoms with E-state index in [-0.39, 0.29) is 5.54 Å². The van der Waals surface area contributed by atoms with Gasteiger partial charge >= 0.3 is 0 Å². The summed E-state index contributed by atoms with van der Waals surface area (Å²) in [4.78, 5) is 4.96. The van der Waals surface area contributed by atoms with Crippen molar-refractivity contribution in [2.24, 2.45) is 5.73 Å². The number of nitrogens with zero attached hydrogens (tertiary/aromatic N) is 2. The molecular weight excluding hydrogens is 262 g/mol. The van der Waals surface area contributed by atoms with Crippen LogP contribution >= 0.6 is 0 Å². The number of ether oxygens (including phenoxy) is 1. The molecule has 1 aromatic rings. The van der Waals surface area contributed by atoms with Crippen molar-refractivity contribution in [2.45, 2.75) is 31.2 Å². The van der Waals surface area contributed by atoms with Crippen LogP contribution in [0.25, 0.3) is 0 Å². The predicted octanol–water partition coefficient (Wildman–Crippen LogP) is 2.09. The van der Waals surface area contributed by atoms with Gasteiger partial charge in [-0.1, -0.05) is 25.0 Å². The van der Waals surface area contributed by atoms with Gasteiger partial charge in [0.15, 0.2) is 0 Å². The van der Waals surface area contributed by atoms with Crippen molar-refractivity contribution in [3.8, 4) is 5.75 Å². The Kier molecular flexibility index (Phi) is 4.36. The Labute approximate surface area is 127 Å². The van der Waals surface area contributed by atoms with E-state index in [1.807, 2.05) is 12.1 Å². The van der Waals surface area contributed by atoms with Gasteiger partial charge in [-0.2, -0.15) is 0 Å². The lowest BCUT2D eigenvalue weighted by atomic mass is 9.98. The molecule has 0 bridgehead atoms. The van der Waals surface area contributed by atoms with Crippen molar-refractivity contribution >= 4 is 5.69 Å². The molecule has 1 aliphatic heterocycles. The topological polar surface area (TPSA) is 41.7 Å². The zero-order valence-electron chi connectivity index (χ0n) is 13.1. The first kappa shape index (κ1) is 14.7. The number of nitrogens with two attached hydrogens (primary N) is 1. The monoisotopic (exact) mass is 289 g/mol. The standard InChI is InChI=1S/C17H27N3O/c1-21-16-7-3-2-6-15(16)20-12-10-19(11-13-20)14-17(18)8-4-5-9-17/h2-3,6-7H,4-5,8-14,18H2,1H3. The minimum atomic E-state index is 0.0760. The van der Waals surface area contributed by atoms with Crippen LogP contribution in [-0.4, -0.2) is 50.3 Å². The van der Waals surface area contributed by atoms with Crippen LogP contribution < -0.4 is 15.4 Å². The summed E-state index contributed by atoms with van der Waals surface area (Å²) in [5.74, 6) is 0.969. The molecule has 0 atom stereocenters. The molecule has 116 valence electrons. The third-order valence-corrected chi connectivity index (χ3v) is 4.94. The van der Waals surface area contributed by atoms with E-state index in [1.54, 1.807) is 7.11 Å². The average Bonchev–Trinajstić information content (AvgIpc) is 2.94. The smallest absolute Gasteiger partial charge is 0.142 e. The number of para-hydroxylation sites is 2. The van der Waals surface area contributed by atoms with E-state index in [0.717, 1.165) is 38.5 Å². The molecule has 4 heteroatoms. The molecule has 0 unspecified atom stereocenters. The Morgan fingerprint density at radius 3 is 2.43 bits per heavy atom. The largest absolute Gasteiger partial charge is 0.495 e. The van der Waals surface area contributed by atoms with Crippen LogP contribution in [0.5, 0.6) is 5.75 Å².